The number of alkyl halides is 3. The van der Waals surface area contributed by atoms with Crippen molar-refractivity contribution in [2.24, 2.45) is 11.8 Å². The topological polar surface area (TPSA) is 142 Å². The second kappa shape index (κ2) is 10.6. The fourth-order valence-corrected chi connectivity index (χ4v) is 7.12. The molecular formula is C25H29F3N7O4P. The third-order valence-electron chi connectivity index (χ3n) is 7.68. The first-order chi connectivity index (χ1) is 19.2. The molecule has 2 aromatic heterocycles. The molecule has 6 rings (SSSR count). The van der Waals surface area contributed by atoms with Crippen molar-refractivity contribution < 1.29 is 32.2 Å². The molecule has 3 aliphatic carbocycles. The van der Waals surface area contributed by atoms with E-state index in [1.54, 1.807) is 6.07 Å². The molecule has 3 atom stereocenters. The van der Waals surface area contributed by atoms with Crippen LogP contribution < -0.4 is 16.0 Å². The Hall–Kier alpha value is -3.28. The van der Waals surface area contributed by atoms with Crippen LogP contribution in [0.1, 0.15) is 66.2 Å². The summed E-state index contributed by atoms with van der Waals surface area (Å²) in [6.45, 7) is -0.592. The molecule has 4 fully saturated rings. The minimum atomic E-state index is -4.54. The molecule has 3 saturated carbocycles. The fourth-order valence-electron chi connectivity index (χ4n) is 5.09. The van der Waals surface area contributed by atoms with Crippen LogP contribution in [0.3, 0.4) is 0 Å². The molecule has 4 aliphatic rings. The quantitative estimate of drug-likeness (QED) is 0.347. The van der Waals surface area contributed by atoms with Crippen LogP contribution in [0, 0.1) is 11.8 Å². The number of rotatable bonds is 11. The first-order valence-corrected chi connectivity index (χ1v) is 14.6. The Morgan fingerprint density at radius 3 is 2.50 bits per heavy atom. The van der Waals surface area contributed by atoms with Crippen molar-refractivity contribution in [3.63, 3.8) is 0 Å². The molecule has 3 N–H and O–H groups in total. The van der Waals surface area contributed by atoms with Crippen molar-refractivity contribution in [3.05, 3.63) is 35.3 Å². The normalized spacial score (nSPS) is 22.1. The number of anilines is 1. The molecule has 1 aliphatic heterocycles. The third-order valence-corrected chi connectivity index (χ3v) is 9.75. The zero-order valence-electron chi connectivity index (χ0n) is 21.4. The molecule has 1 saturated heterocycles. The molecule has 214 valence electrons. The van der Waals surface area contributed by atoms with Gasteiger partial charge in [0.2, 0.25) is 0 Å². The Bertz CT molecular complexity index is 1280. The van der Waals surface area contributed by atoms with Crippen molar-refractivity contribution in [1.82, 2.24) is 30.8 Å². The van der Waals surface area contributed by atoms with Gasteiger partial charge in [0.25, 0.3) is 11.8 Å². The van der Waals surface area contributed by atoms with Gasteiger partial charge >= 0.3 is 12.2 Å². The van der Waals surface area contributed by atoms with Gasteiger partial charge in [0, 0.05) is 18.7 Å². The number of halogens is 3. The van der Waals surface area contributed by atoms with Gasteiger partial charge in [0.15, 0.2) is 5.69 Å². The summed E-state index contributed by atoms with van der Waals surface area (Å²) < 4.78 is 43.9. The Morgan fingerprint density at radius 2 is 1.88 bits per heavy atom. The van der Waals surface area contributed by atoms with Crippen LogP contribution in [0.25, 0.3) is 0 Å². The Kier molecular flexibility index (Phi) is 7.14. The highest BCUT2D eigenvalue weighted by atomic mass is 31.1. The monoisotopic (exact) mass is 579 g/mol. The average molecular weight is 580 g/mol. The lowest BCUT2D eigenvalue weighted by Crippen LogP contribution is -2.42. The molecule has 4 amide bonds. The van der Waals surface area contributed by atoms with Crippen molar-refractivity contribution in [1.29, 1.82) is 0 Å². The highest BCUT2D eigenvalue weighted by Gasteiger charge is 2.47. The van der Waals surface area contributed by atoms with Crippen LogP contribution in [-0.4, -0.2) is 68.2 Å². The van der Waals surface area contributed by atoms with Crippen molar-refractivity contribution >= 4 is 32.2 Å². The van der Waals surface area contributed by atoms with Crippen LogP contribution in [-0.2, 0) is 11.3 Å². The van der Waals surface area contributed by atoms with Gasteiger partial charge in [0.05, 0.1) is 6.54 Å². The highest BCUT2D eigenvalue weighted by molar-refractivity contribution is 7.41. The molecule has 0 radical (unpaired) electrons. The molecule has 2 aromatic rings. The average Bonchev–Trinajstić information content (AvgIpc) is 3.80. The molecular weight excluding hydrogens is 550 g/mol. The molecule has 3 heterocycles. The summed E-state index contributed by atoms with van der Waals surface area (Å²) in [6, 6.07) is 0.337. The molecule has 15 heteroatoms. The summed E-state index contributed by atoms with van der Waals surface area (Å²) in [7, 11) is 0.158. The fraction of sp³-hybridized carbons (Fsp3) is 0.600. The van der Waals surface area contributed by atoms with E-state index in [0.717, 1.165) is 43.4 Å². The Morgan fingerprint density at radius 1 is 1.15 bits per heavy atom. The van der Waals surface area contributed by atoms with E-state index in [9.17, 15) is 27.6 Å². The van der Waals surface area contributed by atoms with Gasteiger partial charge in [-0.2, -0.15) is 13.2 Å². The maximum atomic E-state index is 13.5. The van der Waals surface area contributed by atoms with E-state index in [2.05, 4.69) is 25.9 Å². The summed E-state index contributed by atoms with van der Waals surface area (Å²) in [5, 5.41) is 15.2. The second-order valence-corrected chi connectivity index (χ2v) is 12.6. The summed E-state index contributed by atoms with van der Waals surface area (Å²) in [5.41, 5.74) is 1.46. The predicted octanol–water partition coefficient (Wildman–Crippen LogP) is 3.36. The first kappa shape index (κ1) is 26.9. The number of hydrogen-bond acceptors (Lipinski definition) is 7. The molecule has 0 aromatic carbocycles. The number of urea groups is 1. The van der Waals surface area contributed by atoms with E-state index in [1.807, 2.05) is 5.32 Å². The van der Waals surface area contributed by atoms with E-state index in [4.69, 9.17) is 4.63 Å². The summed E-state index contributed by atoms with van der Waals surface area (Å²) >= 11 is 0. The maximum Gasteiger partial charge on any atom is 0.410 e. The Balaban J connectivity index is 1.15. The molecule has 0 bridgehead atoms. The number of nitrogens with one attached hydrogen (secondary N) is 3. The van der Waals surface area contributed by atoms with E-state index in [-0.39, 0.29) is 32.6 Å². The zero-order chi connectivity index (χ0) is 28.0. The minimum Gasteiger partial charge on any atom is -0.335 e. The summed E-state index contributed by atoms with van der Waals surface area (Å²) in [4.78, 5) is 44.0. The Labute approximate surface area is 229 Å². The number of nitrogens with zero attached hydrogens (tertiary/aromatic N) is 4. The summed E-state index contributed by atoms with van der Waals surface area (Å²) in [5.74, 6) is -0.349. The number of aromatic nitrogens is 3. The standard InChI is InChI=1S/C25H29F3N7O4P/c26-25(27,28)16-11-35(24(38)30-16)10-12-7-8-29-17(9-12)31-22(37)23(40-20(14-3-4-14)15-5-6-15)32-21(36)19-18(13-1-2-13)33-39-34-19/h7-9,13-16,20,23,40H,1-6,10-11H2,(H,30,38)(H,32,36)(H,29,31,37). The summed E-state index contributed by atoms with van der Waals surface area (Å²) in [6.07, 6.45) is 3.18. The van der Waals surface area contributed by atoms with Crippen LogP contribution in [0.15, 0.2) is 23.0 Å². The largest absolute Gasteiger partial charge is 0.410 e. The van der Waals surface area contributed by atoms with Crippen LogP contribution in [0.5, 0.6) is 0 Å². The third kappa shape index (κ3) is 6.21. The van der Waals surface area contributed by atoms with Gasteiger partial charge in [-0.1, -0.05) is 13.7 Å². The van der Waals surface area contributed by atoms with E-state index in [0.29, 0.717) is 28.8 Å². The van der Waals surface area contributed by atoms with E-state index in [1.165, 1.54) is 12.3 Å². The van der Waals surface area contributed by atoms with Crippen molar-refractivity contribution in [3.8, 4) is 0 Å². The van der Waals surface area contributed by atoms with Crippen molar-refractivity contribution in [2.45, 2.75) is 74.6 Å². The smallest absolute Gasteiger partial charge is 0.335 e. The SMILES string of the molecule is O=C(NC(PC(C1CC1)C1CC1)C(=O)Nc1cc(CN2CC(C(F)(F)F)NC2=O)ccn1)c1nonc1C1CC1. The van der Waals surface area contributed by atoms with Crippen LogP contribution in [0.2, 0.25) is 0 Å². The number of hydrogen-bond donors (Lipinski definition) is 3. The van der Waals surface area contributed by atoms with E-state index < -0.39 is 42.4 Å². The second-order valence-electron chi connectivity index (χ2n) is 11.0. The van der Waals surface area contributed by atoms with Gasteiger partial charge in [-0.3, -0.25) is 9.59 Å². The van der Waals surface area contributed by atoms with Gasteiger partial charge in [-0.25, -0.2) is 14.4 Å². The lowest BCUT2D eigenvalue weighted by molar-refractivity contribution is -0.149. The van der Waals surface area contributed by atoms with Gasteiger partial charge in [0.1, 0.15) is 23.3 Å². The van der Waals surface area contributed by atoms with E-state index >= 15 is 0 Å². The zero-order valence-corrected chi connectivity index (χ0v) is 22.4. The van der Waals surface area contributed by atoms with Gasteiger partial charge in [-0.15, -0.1) is 0 Å². The predicted molar refractivity (Wildman–Crippen MR) is 137 cm³/mol. The minimum absolute atomic E-state index is 0.0831. The van der Waals surface area contributed by atoms with Crippen LogP contribution >= 0.6 is 8.58 Å². The van der Waals surface area contributed by atoms with Crippen molar-refractivity contribution in [2.75, 3.05) is 11.9 Å². The number of carbonyl (C=O) groups excluding carboxylic acids is 3. The number of amides is 4. The van der Waals surface area contributed by atoms with Gasteiger partial charge < -0.3 is 20.9 Å². The van der Waals surface area contributed by atoms with Crippen LogP contribution in [0.4, 0.5) is 23.8 Å². The number of carbonyl (C=O) groups is 3. The highest BCUT2D eigenvalue weighted by Crippen LogP contribution is 2.54. The molecule has 0 spiro atoms. The molecule has 3 unspecified atom stereocenters. The lowest BCUT2D eigenvalue weighted by atomic mass is 10.2. The molecule has 40 heavy (non-hydrogen) atoms. The molecule has 11 nitrogen and oxygen atoms in total. The number of pyridine rings is 1. The van der Waals surface area contributed by atoms with Gasteiger partial charge in [-0.05, 0) is 78.9 Å². The maximum absolute atomic E-state index is 13.5. The lowest BCUT2D eigenvalue weighted by Gasteiger charge is -2.24. The first-order valence-electron chi connectivity index (χ1n) is 13.4.